The number of hydrogen-bond acceptors (Lipinski definition) is 2. The third-order valence-electron chi connectivity index (χ3n) is 4.75. The van der Waals surface area contributed by atoms with Crippen LogP contribution in [0.25, 0.3) is 0 Å². The molecule has 2 rings (SSSR count). The Hall–Kier alpha value is -1.61. The molecule has 0 aromatic heterocycles. The van der Waals surface area contributed by atoms with E-state index in [9.17, 15) is 4.79 Å². The molecule has 1 aromatic rings. The Balaban J connectivity index is 2.63. The molecule has 3 nitrogen and oxygen atoms in total. The molecule has 1 saturated heterocycles. The van der Waals surface area contributed by atoms with Gasteiger partial charge in [0.25, 0.3) is 0 Å². The molecular weight excluding hydrogens is 250 g/mol. The first kappa shape index (κ1) is 14.8. The summed E-state index contributed by atoms with van der Waals surface area (Å²) >= 11 is 0. The highest BCUT2D eigenvalue weighted by molar-refractivity contribution is 5.44. The number of para-hydroxylation sites is 1. The summed E-state index contributed by atoms with van der Waals surface area (Å²) in [6.07, 6.45) is 1.94. The van der Waals surface area contributed by atoms with Gasteiger partial charge in [0.1, 0.15) is 11.8 Å². The minimum atomic E-state index is -0.150. The zero-order valence-electron chi connectivity index (χ0n) is 12.8. The molecule has 0 N–H and O–H groups in total. The number of benzene rings is 1. The molecule has 1 amide bonds. The van der Waals surface area contributed by atoms with E-state index in [4.69, 9.17) is 4.74 Å². The van der Waals surface area contributed by atoms with Crippen molar-refractivity contribution >= 4 is 6.41 Å². The fourth-order valence-corrected chi connectivity index (χ4v) is 3.47. The normalized spacial score (nSPS) is 29.0. The molecule has 0 spiro atoms. The fraction of sp³-hybridized carbons (Fsp3) is 0.471. The van der Waals surface area contributed by atoms with E-state index in [1.165, 1.54) is 5.57 Å². The minimum Gasteiger partial charge on any atom is -0.496 e. The van der Waals surface area contributed by atoms with E-state index < -0.39 is 0 Å². The fourth-order valence-electron chi connectivity index (χ4n) is 3.47. The van der Waals surface area contributed by atoms with Gasteiger partial charge in [-0.15, -0.1) is 0 Å². The third-order valence-corrected chi connectivity index (χ3v) is 4.75. The number of ether oxygens (including phenoxy) is 1. The Morgan fingerprint density at radius 3 is 2.65 bits per heavy atom. The first-order valence-electron chi connectivity index (χ1n) is 6.99. The van der Waals surface area contributed by atoms with Gasteiger partial charge < -0.3 is 4.74 Å². The molecule has 20 heavy (non-hydrogen) atoms. The van der Waals surface area contributed by atoms with Crippen molar-refractivity contribution in [2.45, 2.75) is 26.3 Å². The van der Waals surface area contributed by atoms with Crippen molar-refractivity contribution in [3.8, 4) is 5.75 Å². The predicted octanol–water partition coefficient (Wildman–Crippen LogP) is 3.33. The van der Waals surface area contributed by atoms with Crippen LogP contribution in [0, 0.1) is 5.41 Å². The van der Waals surface area contributed by atoms with Crippen molar-refractivity contribution in [1.82, 2.24) is 0 Å². The Kier molecular flexibility index (Phi) is 3.74. The maximum atomic E-state index is 11.8. The van der Waals surface area contributed by atoms with E-state index in [2.05, 4.69) is 26.5 Å². The number of piperidine rings is 1. The summed E-state index contributed by atoms with van der Waals surface area (Å²) in [6.45, 7) is 9.36. The van der Waals surface area contributed by atoms with E-state index in [1.807, 2.05) is 25.2 Å². The molecule has 0 saturated carbocycles. The molecule has 1 fully saturated rings. The molecule has 3 heteroatoms. The molecule has 2 unspecified atom stereocenters. The smallest absolute Gasteiger partial charge is 0.301 e. The Bertz CT molecular complexity index is 531. The van der Waals surface area contributed by atoms with Crippen LogP contribution >= 0.6 is 0 Å². The standard InChI is InChI=1S/C17H24NO2/c1-13-10-11-18(4,12-19)16(17(13,2)3)14-8-6-7-9-15(14)20-5/h6-9,12,16H,1,10-11H2,2-5H3/q+1. The molecule has 0 aliphatic carbocycles. The van der Waals surface area contributed by atoms with Gasteiger partial charge in [0.2, 0.25) is 0 Å². The van der Waals surface area contributed by atoms with Gasteiger partial charge in [-0.05, 0) is 12.1 Å². The van der Waals surface area contributed by atoms with Gasteiger partial charge in [0.05, 0.1) is 26.3 Å². The lowest BCUT2D eigenvalue weighted by atomic mass is 9.69. The summed E-state index contributed by atoms with van der Waals surface area (Å²) in [5, 5.41) is 0. The number of carbonyl (C=O) groups is 1. The van der Waals surface area contributed by atoms with E-state index >= 15 is 0 Å². The number of hydrogen-bond donors (Lipinski definition) is 0. The number of quaternary nitrogens is 1. The van der Waals surface area contributed by atoms with Crippen LogP contribution in [-0.2, 0) is 4.79 Å². The number of methoxy groups -OCH3 is 1. The lowest BCUT2D eigenvalue weighted by molar-refractivity contribution is -0.870. The second-order valence-electron chi connectivity index (χ2n) is 6.40. The molecule has 1 aliphatic rings. The second kappa shape index (κ2) is 5.06. The number of likely N-dealkylation sites (tertiary alicyclic amines) is 1. The van der Waals surface area contributed by atoms with Crippen molar-refractivity contribution in [3.05, 3.63) is 42.0 Å². The molecular formula is C17H24NO2+. The van der Waals surface area contributed by atoms with Gasteiger partial charge >= 0.3 is 6.41 Å². The van der Waals surface area contributed by atoms with Crippen molar-refractivity contribution in [2.24, 2.45) is 5.41 Å². The SMILES string of the molecule is C=C1CC[N+](C)(C=O)C(c2ccccc2OC)C1(C)C. The van der Waals surface area contributed by atoms with Crippen molar-refractivity contribution < 1.29 is 14.0 Å². The van der Waals surface area contributed by atoms with E-state index in [0.717, 1.165) is 30.7 Å². The maximum absolute atomic E-state index is 11.8. The van der Waals surface area contributed by atoms with Crippen molar-refractivity contribution in [3.63, 3.8) is 0 Å². The quantitative estimate of drug-likeness (QED) is 0.480. The van der Waals surface area contributed by atoms with Crippen LogP contribution in [0.1, 0.15) is 31.9 Å². The summed E-state index contributed by atoms with van der Waals surface area (Å²) in [6, 6.07) is 8.00. The first-order chi connectivity index (χ1) is 9.36. The maximum Gasteiger partial charge on any atom is 0.301 e. The largest absolute Gasteiger partial charge is 0.496 e. The number of carbonyl (C=O) groups excluding carboxylic acids is 1. The second-order valence-corrected chi connectivity index (χ2v) is 6.40. The highest BCUT2D eigenvalue weighted by atomic mass is 16.5. The zero-order chi connectivity index (χ0) is 15.0. The average Bonchev–Trinajstić information content (AvgIpc) is 2.44. The Morgan fingerprint density at radius 1 is 1.40 bits per heavy atom. The summed E-state index contributed by atoms with van der Waals surface area (Å²) in [7, 11) is 3.67. The van der Waals surface area contributed by atoms with Crippen LogP contribution in [0.5, 0.6) is 5.75 Å². The van der Waals surface area contributed by atoms with Crippen LogP contribution in [-0.4, -0.2) is 31.6 Å². The topological polar surface area (TPSA) is 26.3 Å². The third kappa shape index (κ3) is 2.16. The highest BCUT2D eigenvalue weighted by Crippen LogP contribution is 2.52. The molecule has 2 atom stereocenters. The summed E-state index contributed by atoms with van der Waals surface area (Å²) < 4.78 is 5.88. The minimum absolute atomic E-state index is 0.0254. The first-order valence-corrected chi connectivity index (χ1v) is 6.99. The highest BCUT2D eigenvalue weighted by Gasteiger charge is 2.51. The van der Waals surface area contributed by atoms with Crippen LogP contribution in [0.2, 0.25) is 0 Å². The summed E-state index contributed by atoms with van der Waals surface area (Å²) in [5.41, 5.74) is 2.13. The molecule has 1 heterocycles. The van der Waals surface area contributed by atoms with E-state index in [-0.39, 0.29) is 11.5 Å². The molecule has 1 aromatic carbocycles. The van der Waals surface area contributed by atoms with Crippen LogP contribution in [0.3, 0.4) is 0 Å². The van der Waals surface area contributed by atoms with Gasteiger partial charge in [-0.2, -0.15) is 0 Å². The van der Waals surface area contributed by atoms with Crippen LogP contribution in [0.15, 0.2) is 36.4 Å². The molecule has 0 radical (unpaired) electrons. The number of rotatable bonds is 3. The number of amides is 1. The molecule has 0 bridgehead atoms. The predicted molar refractivity (Wildman–Crippen MR) is 80.4 cm³/mol. The van der Waals surface area contributed by atoms with Gasteiger partial charge in [0.15, 0.2) is 0 Å². The summed E-state index contributed by atoms with van der Waals surface area (Å²) in [5.74, 6) is 0.839. The Labute approximate surface area is 121 Å². The molecule has 108 valence electrons. The lowest BCUT2D eigenvalue weighted by Gasteiger charge is -2.49. The van der Waals surface area contributed by atoms with Crippen LogP contribution < -0.4 is 4.74 Å². The van der Waals surface area contributed by atoms with E-state index in [1.54, 1.807) is 7.11 Å². The molecule has 1 aliphatic heterocycles. The summed E-state index contributed by atoms with van der Waals surface area (Å²) in [4.78, 5) is 11.8. The van der Waals surface area contributed by atoms with Gasteiger partial charge in [0, 0.05) is 11.8 Å². The lowest BCUT2D eigenvalue weighted by Crippen LogP contribution is -2.56. The van der Waals surface area contributed by atoms with Crippen molar-refractivity contribution in [1.29, 1.82) is 0 Å². The zero-order valence-corrected chi connectivity index (χ0v) is 12.8. The van der Waals surface area contributed by atoms with Gasteiger partial charge in [-0.25, -0.2) is 4.79 Å². The average molecular weight is 274 g/mol. The number of nitrogens with zero attached hydrogens (tertiary/aromatic N) is 1. The Morgan fingerprint density at radius 2 is 2.05 bits per heavy atom. The van der Waals surface area contributed by atoms with Crippen molar-refractivity contribution in [2.75, 3.05) is 20.7 Å². The van der Waals surface area contributed by atoms with Crippen LogP contribution in [0.4, 0.5) is 0 Å². The van der Waals surface area contributed by atoms with Gasteiger partial charge in [-0.3, -0.25) is 4.48 Å². The van der Waals surface area contributed by atoms with E-state index in [0.29, 0.717) is 4.48 Å². The monoisotopic (exact) mass is 274 g/mol. The van der Waals surface area contributed by atoms with Gasteiger partial charge in [-0.1, -0.05) is 38.1 Å².